The van der Waals surface area contributed by atoms with Gasteiger partial charge in [0.25, 0.3) is 0 Å². The number of aromatic hydroxyl groups is 1. The third kappa shape index (κ3) is 2.83. The van der Waals surface area contributed by atoms with Gasteiger partial charge in [0.2, 0.25) is 5.91 Å². The number of aromatic nitrogens is 1. The average molecular weight is 462 g/mol. The number of rotatable bonds is 2. The minimum absolute atomic E-state index is 0.0370. The summed E-state index contributed by atoms with van der Waals surface area (Å²) in [6.45, 7) is 1.87. The molecule has 1 amide bonds. The second-order valence-corrected chi connectivity index (χ2v) is 9.39. The molecule has 2 fully saturated rings. The smallest absolute Gasteiger partial charge is 0.235 e. The molecule has 2 saturated carbocycles. The van der Waals surface area contributed by atoms with Gasteiger partial charge in [0.15, 0.2) is 34.7 Å². The number of aryl methyl sites for hydroxylation is 1. The summed E-state index contributed by atoms with van der Waals surface area (Å²) in [5, 5.41) is 21.8. The number of hydrogen-bond donors (Lipinski definition) is 3. The maximum absolute atomic E-state index is 13.6. The average Bonchev–Trinajstić information content (AvgIpc) is 2.77. The number of ketones is 4. The highest BCUT2D eigenvalue weighted by molar-refractivity contribution is 6.31. The van der Waals surface area contributed by atoms with Gasteiger partial charge in [-0.25, -0.2) is 0 Å². The minimum atomic E-state index is -2.65. The molecule has 9 nitrogen and oxygen atoms in total. The van der Waals surface area contributed by atoms with Crippen LogP contribution in [0.4, 0.5) is 0 Å². The number of Topliss-reactive ketones (excluding diaryl/α,β-unsaturated/α-hetero) is 4. The number of primary amides is 1. The summed E-state index contributed by atoms with van der Waals surface area (Å²) >= 11 is 0. The number of amides is 1. The molecule has 4 N–H and O–H groups in total. The van der Waals surface area contributed by atoms with Crippen LogP contribution in [-0.2, 0) is 25.6 Å². The predicted octanol–water partition coefficient (Wildman–Crippen LogP) is 0.697. The van der Waals surface area contributed by atoms with Gasteiger partial charge >= 0.3 is 0 Å². The number of benzene rings is 1. The first-order valence-corrected chi connectivity index (χ1v) is 11.0. The second kappa shape index (κ2) is 7.39. The van der Waals surface area contributed by atoms with Crippen LogP contribution < -0.4 is 5.73 Å². The molecule has 5 atom stereocenters. The van der Waals surface area contributed by atoms with Gasteiger partial charge in [-0.2, -0.15) is 0 Å². The van der Waals surface area contributed by atoms with Crippen molar-refractivity contribution >= 4 is 29.0 Å². The molecule has 2 aromatic rings. The van der Waals surface area contributed by atoms with E-state index in [0.717, 1.165) is 5.56 Å². The zero-order chi connectivity index (χ0) is 24.5. The Morgan fingerprint density at radius 3 is 2.53 bits per heavy atom. The van der Waals surface area contributed by atoms with Crippen molar-refractivity contribution in [2.75, 3.05) is 0 Å². The Morgan fingerprint density at radius 2 is 1.85 bits per heavy atom. The molecule has 1 heterocycles. The Hall–Kier alpha value is -3.72. The normalized spacial score (nSPS) is 30.4. The number of nitrogens with two attached hydrogens (primary N) is 1. The van der Waals surface area contributed by atoms with Crippen molar-refractivity contribution in [3.05, 3.63) is 47.2 Å². The molecule has 0 radical (unpaired) electrons. The van der Waals surface area contributed by atoms with Gasteiger partial charge in [-0.1, -0.05) is 6.07 Å². The lowest BCUT2D eigenvalue weighted by Gasteiger charge is -2.48. The molecule has 174 valence electrons. The monoisotopic (exact) mass is 462 g/mol. The highest BCUT2D eigenvalue weighted by Gasteiger charge is 2.66. The molecular formula is C25H22N2O7. The molecule has 0 spiro atoms. The van der Waals surface area contributed by atoms with E-state index in [1.54, 1.807) is 18.3 Å². The summed E-state index contributed by atoms with van der Waals surface area (Å²) in [5.41, 5.74) is 5.19. The van der Waals surface area contributed by atoms with Crippen LogP contribution in [0.5, 0.6) is 5.75 Å². The van der Waals surface area contributed by atoms with Crippen LogP contribution in [0, 0.1) is 30.6 Å². The maximum atomic E-state index is 13.6. The minimum Gasteiger partial charge on any atom is -0.507 e. The number of pyridine rings is 1. The van der Waals surface area contributed by atoms with Crippen molar-refractivity contribution < 1.29 is 34.2 Å². The van der Waals surface area contributed by atoms with Gasteiger partial charge < -0.3 is 15.9 Å². The highest BCUT2D eigenvalue weighted by atomic mass is 16.3. The summed E-state index contributed by atoms with van der Waals surface area (Å²) in [6.07, 6.45) is 1.52. The van der Waals surface area contributed by atoms with Crippen molar-refractivity contribution in [1.29, 1.82) is 0 Å². The largest absolute Gasteiger partial charge is 0.507 e. The van der Waals surface area contributed by atoms with E-state index in [4.69, 9.17) is 5.73 Å². The zero-order valence-electron chi connectivity index (χ0n) is 18.3. The summed E-state index contributed by atoms with van der Waals surface area (Å²) in [7, 11) is 0. The fraction of sp³-hybridized carbons (Fsp3) is 0.360. The highest BCUT2D eigenvalue weighted by Crippen LogP contribution is 2.51. The second-order valence-electron chi connectivity index (χ2n) is 9.39. The van der Waals surface area contributed by atoms with E-state index < -0.39 is 58.3 Å². The molecular weight excluding hydrogens is 440 g/mol. The predicted molar refractivity (Wildman–Crippen MR) is 116 cm³/mol. The van der Waals surface area contributed by atoms with Crippen molar-refractivity contribution in [3.63, 3.8) is 0 Å². The first kappa shape index (κ1) is 22.1. The van der Waals surface area contributed by atoms with Crippen LogP contribution in [0.25, 0.3) is 11.3 Å². The number of aliphatic hydroxyl groups is 1. The number of phenols is 1. The van der Waals surface area contributed by atoms with E-state index in [1.807, 2.05) is 13.0 Å². The maximum Gasteiger partial charge on any atom is 0.235 e. The Labute approximate surface area is 194 Å². The van der Waals surface area contributed by atoms with Crippen LogP contribution in [0.15, 0.2) is 30.5 Å². The number of carbonyl (C=O) groups is 5. The van der Waals surface area contributed by atoms with Crippen LogP contribution in [-0.4, -0.2) is 49.8 Å². The summed E-state index contributed by atoms with van der Waals surface area (Å²) in [6, 6.07) is 6.68. The lowest BCUT2D eigenvalue weighted by Crippen LogP contribution is -2.68. The Balaban J connectivity index is 1.63. The SMILES string of the molecule is Cc1cccnc1-c1ccc(O)c2c1C[C@H]1C[C@H]3CC(=O)C(C(N)=O)C(=O)[C@@]3(O)C(=O)C1C2=O. The number of fused-ring (bicyclic) bond motifs is 3. The fourth-order valence-electron chi connectivity index (χ4n) is 5.96. The van der Waals surface area contributed by atoms with Gasteiger partial charge in [-0.15, -0.1) is 0 Å². The van der Waals surface area contributed by atoms with Gasteiger partial charge in [0.1, 0.15) is 5.75 Å². The van der Waals surface area contributed by atoms with Gasteiger partial charge in [-0.3, -0.25) is 29.0 Å². The first-order valence-electron chi connectivity index (χ1n) is 11.0. The number of carbonyl (C=O) groups excluding carboxylic acids is 5. The molecule has 1 aromatic carbocycles. The van der Waals surface area contributed by atoms with Gasteiger partial charge in [0, 0.05) is 24.1 Å². The quantitative estimate of drug-likeness (QED) is 0.549. The molecule has 5 rings (SSSR count). The third-order valence-electron chi connectivity index (χ3n) is 7.55. The van der Waals surface area contributed by atoms with E-state index in [1.165, 1.54) is 6.07 Å². The zero-order valence-corrected chi connectivity index (χ0v) is 18.3. The van der Waals surface area contributed by atoms with Crippen molar-refractivity contribution in [1.82, 2.24) is 4.98 Å². The molecule has 9 heteroatoms. The van der Waals surface area contributed by atoms with Crippen LogP contribution >= 0.6 is 0 Å². The number of hydrogen-bond acceptors (Lipinski definition) is 8. The number of phenolic OH excluding ortho intramolecular Hbond substituents is 1. The van der Waals surface area contributed by atoms with E-state index in [2.05, 4.69) is 4.98 Å². The van der Waals surface area contributed by atoms with Gasteiger partial charge in [-0.05, 0) is 55.0 Å². The number of nitrogens with zero attached hydrogens (tertiary/aromatic N) is 1. The fourth-order valence-corrected chi connectivity index (χ4v) is 5.96. The molecule has 34 heavy (non-hydrogen) atoms. The summed E-state index contributed by atoms with van der Waals surface area (Å²) in [4.78, 5) is 68.6. The van der Waals surface area contributed by atoms with Crippen molar-refractivity contribution in [2.24, 2.45) is 29.4 Å². The lowest BCUT2D eigenvalue weighted by atomic mass is 9.53. The Bertz CT molecular complexity index is 1320. The van der Waals surface area contributed by atoms with Crippen molar-refractivity contribution in [3.8, 4) is 17.0 Å². The van der Waals surface area contributed by atoms with E-state index in [-0.39, 0.29) is 30.6 Å². The Morgan fingerprint density at radius 1 is 1.12 bits per heavy atom. The van der Waals surface area contributed by atoms with Crippen molar-refractivity contribution in [2.45, 2.75) is 31.8 Å². The Kier molecular flexibility index (Phi) is 4.80. The third-order valence-corrected chi connectivity index (χ3v) is 7.55. The topological polar surface area (TPSA) is 165 Å². The molecule has 3 aliphatic rings. The van der Waals surface area contributed by atoms with Crippen LogP contribution in [0.3, 0.4) is 0 Å². The van der Waals surface area contributed by atoms with Crippen LogP contribution in [0.1, 0.15) is 34.3 Å². The summed E-state index contributed by atoms with van der Waals surface area (Å²) in [5.74, 6) is -10.2. The molecule has 0 aliphatic heterocycles. The van der Waals surface area contributed by atoms with Gasteiger partial charge in [0.05, 0.1) is 17.2 Å². The molecule has 0 saturated heterocycles. The van der Waals surface area contributed by atoms with E-state index in [9.17, 15) is 34.2 Å². The molecule has 3 aliphatic carbocycles. The van der Waals surface area contributed by atoms with E-state index >= 15 is 0 Å². The lowest BCUT2D eigenvalue weighted by molar-refractivity contribution is -0.175. The first-order chi connectivity index (χ1) is 16.1. The molecule has 2 unspecified atom stereocenters. The molecule has 0 bridgehead atoms. The summed E-state index contributed by atoms with van der Waals surface area (Å²) < 4.78 is 0. The molecule has 1 aromatic heterocycles. The van der Waals surface area contributed by atoms with E-state index in [0.29, 0.717) is 16.8 Å². The van der Waals surface area contributed by atoms with Crippen LogP contribution in [0.2, 0.25) is 0 Å². The standard InChI is InChI=1S/C25H22N2O7/c1-10-3-2-6-27-20(10)13-4-5-15(28)18-14(13)8-11-7-12-9-16(29)19(24(26)33)23(32)25(12,34)22(31)17(11)21(18)30/h2-6,11-12,17,19,28,34H,7-9H2,1H3,(H2,26,33)/t11-,12+,17?,19?,25+/m1/s1.